The van der Waals surface area contributed by atoms with E-state index in [-0.39, 0.29) is 6.04 Å². The molecule has 18 heavy (non-hydrogen) atoms. The molecule has 3 N–H and O–H groups in total. The maximum atomic E-state index is 5.61. The Morgan fingerprint density at radius 2 is 2.17 bits per heavy atom. The predicted molar refractivity (Wildman–Crippen MR) is 70.9 cm³/mol. The maximum Gasteiger partial charge on any atom is 0.138 e. The van der Waals surface area contributed by atoms with Gasteiger partial charge in [0.2, 0.25) is 0 Å². The summed E-state index contributed by atoms with van der Waals surface area (Å²) in [5.41, 5.74) is 2.86. The quantitative estimate of drug-likeness (QED) is 0.533. The van der Waals surface area contributed by atoms with Crippen LogP contribution in [0.1, 0.15) is 39.1 Å². The maximum absolute atomic E-state index is 5.61. The van der Waals surface area contributed by atoms with Gasteiger partial charge in [0.15, 0.2) is 0 Å². The summed E-state index contributed by atoms with van der Waals surface area (Å²) < 4.78 is 7.08. The highest BCUT2D eigenvalue weighted by atomic mass is 16.5. The largest absolute Gasteiger partial charge is 0.384 e. The van der Waals surface area contributed by atoms with Crippen molar-refractivity contribution in [3.05, 3.63) is 12.2 Å². The van der Waals surface area contributed by atoms with Crippen molar-refractivity contribution in [2.75, 3.05) is 13.7 Å². The molecule has 104 valence electrons. The normalized spacial score (nSPS) is 15.0. The van der Waals surface area contributed by atoms with E-state index in [1.165, 1.54) is 0 Å². The Kier molecular flexibility index (Phi) is 6.24. The Morgan fingerprint density at radius 3 is 2.72 bits per heavy atom. The van der Waals surface area contributed by atoms with E-state index in [4.69, 9.17) is 10.6 Å². The van der Waals surface area contributed by atoms with Crippen molar-refractivity contribution in [2.24, 2.45) is 11.8 Å². The Morgan fingerprint density at radius 1 is 1.44 bits per heavy atom. The molecular weight excluding hydrogens is 230 g/mol. The molecule has 0 bridgehead atoms. The fraction of sp³-hybridized carbons (Fsp3) is 0.833. The highest BCUT2D eigenvalue weighted by molar-refractivity contribution is 4.91. The van der Waals surface area contributed by atoms with Gasteiger partial charge in [0, 0.05) is 32.2 Å². The second-order valence-corrected chi connectivity index (χ2v) is 5.08. The summed E-state index contributed by atoms with van der Waals surface area (Å²) in [5.74, 6) is 7.05. The van der Waals surface area contributed by atoms with Gasteiger partial charge in [-0.15, -0.1) is 0 Å². The Hall–Kier alpha value is -0.980. The first-order valence-corrected chi connectivity index (χ1v) is 6.41. The molecule has 0 saturated heterocycles. The van der Waals surface area contributed by atoms with Crippen LogP contribution in [0.3, 0.4) is 0 Å². The standard InChI is InChI=1S/C12H25N5O/c1-9(2)17-12(14-8-15-17)6-11(16-13)5-10(3)7-18-4/h8-11,16H,5-7,13H2,1-4H3. The topological polar surface area (TPSA) is 78.0 Å². The summed E-state index contributed by atoms with van der Waals surface area (Å²) in [6.07, 6.45) is 3.33. The highest BCUT2D eigenvalue weighted by Crippen LogP contribution is 2.12. The minimum atomic E-state index is 0.192. The molecule has 0 aromatic carbocycles. The molecule has 1 heterocycles. The molecule has 1 aromatic heterocycles. The summed E-state index contributed by atoms with van der Waals surface area (Å²) in [7, 11) is 1.72. The number of nitrogens with zero attached hydrogens (tertiary/aromatic N) is 3. The Bertz CT molecular complexity index is 339. The van der Waals surface area contributed by atoms with Crippen LogP contribution in [0.15, 0.2) is 6.33 Å². The zero-order chi connectivity index (χ0) is 13.5. The predicted octanol–water partition coefficient (Wildman–Crippen LogP) is 0.906. The summed E-state index contributed by atoms with van der Waals surface area (Å²) in [5, 5.41) is 4.23. The summed E-state index contributed by atoms with van der Waals surface area (Å²) in [6.45, 7) is 7.09. The molecule has 0 radical (unpaired) electrons. The average molecular weight is 255 g/mol. The third-order valence-corrected chi connectivity index (χ3v) is 2.94. The molecule has 0 fully saturated rings. The number of methoxy groups -OCH3 is 1. The van der Waals surface area contributed by atoms with Gasteiger partial charge in [-0.2, -0.15) is 5.10 Å². The van der Waals surface area contributed by atoms with Gasteiger partial charge in [0.05, 0.1) is 0 Å². The lowest BCUT2D eigenvalue weighted by molar-refractivity contribution is 0.149. The van der Waals surface area contributed by atoms with Gasteiger partial charge >= 0.3 is 0 Å². The van der Waals surface area contributed by atoms with E-state index >= 15 is 0 Å². The summed E-state index contributed by atoms with van der Waals surface area (Å²) in [4.78, 5) is 4.30. The number of hydrogen-bond donors (Lipinski definition) is 2. The molecule has 6 heteroatoms. The SMILES string of the molecule is COCC(C)CC(Cc1ncnn1C(C)C)NN. The van der Waals surface area contributed by atoms with Gasteiger partial charge in [-0.3, -0.25) is 11.3 Å². The lowest BCUT2D eigenvalue weighted by Crippen LogP contribution is -2.39. The van der Waals surface area contributed by atoms with Crippen molar-refractivity contribution >= 4 is 0 Å². The van der Waals surface area contributed by atoms with Gasteiger partial charge in [-0.25, -0.2) is 9.67 Å². The van der Waals surface area contributed by atoms with Crippen molar-refractivity contribution < 1.29 is 4.74 Å². The molecule has 6 nitrogen and oxygen atoms in total. The first kappa shape index (κ1) is 15.1. The van der Waals surface area contributed by atoms with Gasteiger partial charge in [0.1, 0.15) is 12.2 Å². The second kappa shape index (κ2) is 7.45. The molecule has 1 aromatic rings. The molecule has 0 aliphatic rings. The monoisotopic (exact) mass is 255 g/mol. The number of nitrogens with two attached hydrogens (primary N) is 1. The molecule has 0 aliphatic carbocycles. The number of aromatic nitrogens is 3. The molecule has 1 rings (SSSR count). The first-order chi connectivity index (χ1) is 8.58. The summed E-state index contributed by atoms with van der Waals surface area (Å²) >= 11 is 0. The number of hydrogen-bond acceptors (Lipinski definition) is 5. The van der Waals surface area contributed by atoms with Crippen molar-refractivity contribution in [2.45, 2.75) is 45.7 Å². The van der Waals surface area contributed by atoms with E-state index in [2.05, 4.69) is 36.3 Å². The molecular formula is C12H25N5O. The van der Waals surface area contributed by atoms with Crippen LogP contribution in [0.2, 0.25) is 0 Å². The molecule has 2 unspecified atom stereocenters. The molecule has 0 aliphatic heterocycles. The summed E-state index contributed by atoms with van der Waals surface area (Å²) in [6, 6.07) is 0.508. The van der Waals surface area contributed by atoms with Crippen molar-refractivity contribution in [3.63, 3.8) is 0 Å². The minimum absolute atomic E-state index is 0.192. The average Bonchev–Trinajstić information content (AvgIpc) is 2.76. The lowest BCUT2D eigenvalue weighted by atomic mass is 10.0. The van der Waals surface area contributed by atoms with Crippen LogP contribution in [-0.2, 0) is 11.2 Å². The minimum Gasteiger partial charge on any atom is -0.384 e. The van der Waals surface area contributed by atoms with Gasteiger partial charge in [-0.05, 0) is 26.2 Å². The zero-order valence-electron chi connectivity index (χ0n) is 11.8. The van der Waals surface area contributed by atoms with Crippen LogP contribution in [0.4, 0.5) is 0 Å². The van der Waals surface area contributed by atoms with E-state index in [0.29, 0.717) is 12.0 Å². The second-order valence-electron chi connectivity index (χ2n) is 5.08. The molecule has 0 amide bonds. The Labute approximate surface area is 109 Å². The van der Waals surface area contributed by atoms with Crippen molar-refractivity contribution in [1.82, 2.24) is 20.2 Å². The van der Waals surface area contributed by atoms with E-state index in [0.717, 1.165) is 25.3 Å². The van der Waals surface area contributed by atoms with Gasteiger partial charge in [-0.1, -0.05) is 6.92 Å². The first-order valence-electron chi connectivity index (χ1n) is 6.41. The van der Waals surface area contributed by atoms with Crippen LogP contribution in [0.5, 0.6) is 0 Å². The van der Waals surface area contributed by atoms with E-state index in [1.807, 2.05) is 4.68 Å². The third kappa shape index (κ3) is 4.36. The number of nitrogens with one attached hydrogen (secondary N) is 1. The smallest absolute Gasteiger partial charge is 0.138 e. The number of ether oxygens (including phenoxy) is 1. The van der Waals surface area contributed by atoms with Crippen LogP contribution in [0, 0.1) is 5.92 Å². The Balaban J connectivity index is 2.59. The van der Waals surface area contributed by atoms with Crippen LogP contribution in [0.25, 0.3) is 0 Å². The van der Waals surface area contributed by atoms with Crippen molar-refractivity contribution in [1.29, 1.82) is 0 Å². The van der Waals surface area contributed by atoms with Crippen LogP contribution in [-0.4, -0.2) is 34.5 Å². The zero-order valence-corrected chi connectivity index (χ0v) is 11.8. The van der Waals surface area contributed by atoms with E-state index in [1.54, 1.807) is 13.4 Å². The molecule has 2 atom stereocenters. The van der Waals surface area contributed by atoms with E-state index < -0.39 is 0 Å². The van der Waals surface area contributed by atoms with Gasteiger partial charge in [0.25, 0.3) is 0 Å². The fourth-order valence-electron chi connectivity index (χ4n) is 2.12. The highest BCUT2D eigenvalue weighted by Gasteiger charge is 2.16. The number of hydrazine groups is 1. The van der Waals surface area contributed by atoms with Crippen LogP contribution < -0.4 is 11.3 Å². The van der Waals surface area contributed by atoms with Crippen LogP contribution >= 0.6 is 0 Å². The molecule has 0 saturated carbocycles. The van der Waals surface area contributed by atoms with E-state index in [9.17, 15) is 0 Å². The fourth-order valence-corrected chi connectivity index (χ4v) is 2.12. The molecule has 0 spiro atoms. The lowest BCUT2D eigenvalue weighted by Gasteiger charge is -2.20. The third-order valence-electron chi connectivity index (χ3n) is 2.94. The van der Waals surface area contributed by atoms with Gasteiger partial charge < -0.3 is 4.74 Å². The van der Waals surface area contributed by atoms with Crippen molar-refractivity contribution in [3.8, 4) is 0 Å². The number of rotatable bonds is 8.